The number of aromatic nitrogens is 2. The van der Waals surface area contributed by atoms with Crippen molar-refractivity contribution in [3.63, 3.8) is 0 Å². The molecule has 0 aliphatic carbocycles. The third-order valence-corrected chi connectivity index (χ3v) is 3.74. The lowest BCUT2D eigenvalue weighted by Gasteiger charge is -2.09. The van der Waals surface area contributed by atoms with E-state index in [2.05, 4.69) is 20.9 Å². The van der Waals surface area contributed by atoms with E-state index in [1.54, 1.807) is 12.5 Å². The van der Waals surface area contributed by atoms with Crippen molar-refractivity contribution in [3.05, 3.63) is 66.7 Å². The molecule has 10 nitrogen and oxygen atoms in total. The first-order valence-electron chi connectivity index (χ1n) is 8.57. The highest BCUT2D eigenvalue weighted by molar-refractivity contribution is 6.27. The van der Waals surface area contributed by atoms with Crippen LogP contribution in [0.2, 0.25) is 0 Å². The molecular formula is C20H19N3O7. The standard InChI is InChI=1S/C18H17N3O3.C2H2O4/c1-23-18(22)12-24-20-17(11-21-9-8-19-13-21)16-7-6-14-4-2-3-5-15(14)10-16;3-1(4)2(5)6/h2-10,13H,11-12H2,1H3;(H,3,4)(H,5,6)/b20-17-;. The van der Waals surface area contributed by atoms with E-state index >= 15 is 0 Å². The third kappa shape index (κ3) is 6.75. The van der Waals surface area contributed by atoms with Gasteiger partial charge in [0.15, 0.2) is 0 Å². The number of aliphatic carboxylic acids is 2. The number of carbonyl (C=O) groups excluding carboxylic acids is 1. The lowest BCUT2D eigenvalue weighted by Crippen LogP contribution is -2.13. The van der Waals surface area contributed by atoms with Crippen molar-refractivity contribution in [1.82, 2.24) is 9.55 Å². The number of esters is 1. The minimum atomic E-state index is -1.82. The van der Waals surface area contributed by atoms with Crippen molar-refractivity contribution in [2.75, 3.05) is 13.7 Å². The second-order valence-electron chi connectivity index (χ2n) is 5.79. The number of ether oxygens (including phenoxy) is 1. The summed E-state index contributed by atoms with van der Waals surface area (Å²) in [5.74, 6) is -4.12. The van der Waals surface area contributed by atoms with E-state index in [0.29, 0.717) is 12.3 Å². The van der Waals surface area contributed by atoms with Crippen molar-refractivity contribution < 1.29 is 34.2 Å². The van der Waals surface area contributed by atoms with Crippen molar-refractivity contribution >= 4 is 34.4 Å². The second kappa shape index (κ2) is 11.0. The molecule has 0 saturated carbocycles. The Morgan fingerprint density at radius 2 is 1.77 bits per heavy atom. The van der Waals surface area contributed by atoms with Crippen molar-refractivity contribution in [3.8, 4) is 0 Å². The predicted octanol–water partition coefficient (Wildman–Crippen LogP) is 1.79. The van der Waals surface area contributed by atoms with Gasteiger partial charge in [-0.15, -0.1) is 0 Å². The van der Waals surface area contributed by atoms with Crippen LogP contribution < -0.4 is 0 Å². The van der Waals surface area contributed by atoms with Crippen LogP contribution in [0.3, 0.4) is 0 Å². The molecule has 0 bridgehead atoms. The zero-order valence-electron chi connectivity index (χ0n) is 16.0. The number of imidazole rings is 1. The van der Waals surface area contributed by atoms with E-state index in [9.17, 15) is 4.79 Å². The van der Waals surface area contributed by atoms with Gasteiger partial charge >= 0.3 is 17.9 Å². The maximum absolute atomic E-state index is 11.2. The SMILES string of the molecule is COC(=O)CO/N=C(/Cn1ccnc1)c1ccc2ccccc2c1.O=C(O)C(=O)O. The smallest absolute Gasteiger partial charge is 0.414 e. The molecule has 1 aromatic heterocycles. The molecule has 0 amide bonds. The number of methoxy groups -OCH3 is 1. The van der Waals surface area contributed by atoms with E-state index in [1.807, 2.05) is 47.2 Å². The molecule has 0 fully saturated rings. The summed E-state index contributed by atoms with van der Waals surface area (Å²) >= 11 is 0. The number of carboxylic acid groups (broad SMARTS) is 2. The van der Waals surface area contributed by atoms with Crippen molar-refractivity contribution in [2.45, 2.75) is 6.54 Å². The number of carboxylic acids is 2. The number of hydrogen-bond acceptors (Lipinski definition) is 7. The predicted molar refractivity (Wildman–Crippen MR) is 106 cm³/mol. The quantitative estimate of drug-likeness (QED) is 0.270. The van der Waals surface area contributed by atoms with E-state index in [-0.39, 0.29) is 6.61 Å². The minimum Gasteiger partial charge on any atom is -0.473 e. The Balaban J connectivity index is 0.000000469. The van der Waals surface area contributed by atoms with Crippen LogP contribution in [0.1, 0.15) is 5.56 Å². The van der Waals surface area contributed by atoms with Crippen LogP contribution in [-0.2, 0) is 30.5 Å². The van der Waals surface area contributed by atoms with Crippen LogP contribution >= 0.6 is 0 Å². The molecule has 2 N–H and O–H groups in total. The summed E-state index contributed by atoms with van der Waals surface area (Å²) in [7, 11) is 1.31. The molecule has 0 saturated heterocycles. The van der Waals surface area contributed by atoms with Crippen LogP contribution in [0.15, 0.2) is 66.3 Å². The van der Waals surface area contributed by atoms with Gasteiger partial charge in [0.05, 0.1) is 20.0 Å². The van der Waals surface area contributed by atoms with E-state index in [4.69, 9.17) is 24.6 Å². The number of hydrogen-bond donors (Lipinski definition) is 2. The van der Waals surface area contributed by atoms with Gasteiger partial charge in [0.25, 0.3) is 0 Å². The van der Waals surface area contributed by atoms with Crippen LogP contribution in [0, 0.1) is 0 Å². The molecule has 10 heteroatoms. The number of benzene rings is 2. The fraction of sp³-hybridized carbons (Fsp3) is 0.150. The van der Waals surface area contributed by atoms with Gasteiger partial charge in [-0.1, -0.05) is 41.6 Å². The zero-order chi connectivity index (χ0) is 21.9. The first-order chi connectivity index (χ1) is 14.4. The third-order valence-electron chi connectivity index (χ3n) is 3.74. The van der Waals surface area contributed by atoms with Gasteiger partial charge in [-0.25, -0.2) is 19.4 Å². The number of oxime groups is 1. The average Bonchev–Trinajstić information content (AvgIpc) is 3.26. The highest BCUT2D eigenvalue weighted by atomic mass is 16.6. The number of carbonyl (C=O) groups is 3. The highest BCUT2D eigenvalue weighted by Gasteiger charge is 2.08. The largest absolute Gasteiger partial charge is 0.473 e. The summed E-state index contributed by atoms with van der Waals surface area (Å²) in [6.45, 7) is 0.261. The van der Waals surface area contributed by atoms with Crippen LogP contribution in [0.4, 0.5) is 0 Å². The summed E-state index contributed by atoms with van der Waals surface area (Å²) in [5, 5.41) is 21.2. The Morgan fingerprint density at radius 3 is 2.37 bits per heavy atom. The highest BCUT2D eigenvalue weighted by Crippen LogP contribution is 2.17. The van der Waals surface area contributed by atoms with E-state index < -0.39 is 17.9 Å². The Hall–Kier alpha value is -4.21. The Labute approximate surface area is 171 Å². The lowest BCUT2D eigenvalue weighted by molar-refractivity contribution is -0.159. The molecule has 3 aromatic rings. The normalized spacial score (nSPS) is 10.6. The van der Waals surface area contributed by atoms with Crippen molar-refractivity contribution in [2.24, 2.45) is 5.16 Å². The summed E-state index contributed by atoms with van der Waals surface area (Å²) in [6, 6.07) is 14.2. The molecule has 1 heterocycles. The molecule has 2 aromatic carbocycles. The van der Waals surface area contributed by atoms with E-state index in [1.165, 1.54) is 7.11 Å². The Morgan fingerprint density at radius 1 is 1.07 bits per heavy atom. The topological polar surface area (TPSA) is 140 Å². The molecule has 0 radical (unpaired) electrons. The summed E-state index contributed by atoms with van der Waals surface area (Å²) in [5.41, 5.74) is 1.62. The van der Waals surface area contributed by atoms with Gasteiger partial charge in [0, 0.05) is 18.0 Å². The summed E-state index contributed by atoms with van der Waals surface area (Å²) in [6.07, 6.45) is 5.25. The minimum absolute atomic E-state index is 0.225. The molecule has 0 atom stereocenters. The van der Waals surface area contributed by atoms with Gasteiger partial charge in [-0.2, -0.15) is 0 Å². The van der Waals surface area contributed by atoms with Gasteiger partial charge in [0.2, 0.25) is 6.61 Å². The van der Waals surface area contributed by atoms with Crippen LogP contribution in [0.25, 0.3) is 10.8 Å². The van der Waals surface area contributed by atoms with E-state index in [0.717, 1.165) is 16.3 Å². The van der Waals surface area contributed by atoms with Gasteiger partial charge < -0.3 is 24.4 Å². The van der Waals surface area contributed by atoms with Crippen molar-refractivity contribution in [1.29, 1.82) is 0 Å². The molecule has 0 aliphatic heterocycles. The first kappa shape index (κ1) is 22.1. The van der Waals surface area contributed by atoms with Gasteiger partial charge in [-0.3, -0.25) is 0 Å². The molecule has 30 heavy (non-hydrogen) atoms. The molecule has 0 unspecified atom stereocenters. The van der Waals surface area contributed by atoms with Gasteiger partial charge in [-0.05, 0) is 16.8 Å². The molecule has 3 rings (SSSR count). The maximum Gasteiger partial charge on any atom is 0.414 e. The molecule has 0 spiro atoms. The molecule has 0 aliphatic rings. The Bertz CT molecular complexity index is 1030. The summed E-state index contributed by atoms with van der Waals surface area (Å²) < 4.78 is 6.44. The fourth-order valence-corrected chi connectivity index (χ4v) is 2.32. The first-order valence-corrected chi connectivity index (χ1v) is 8.57. The molecule has 156 valence electrons. The zero-order valence-corrected chi connectivity index (χ0v) is 16.0. The second-order valence-corrected chi connectivity index (χ2v) is 5.79. The monoisotopic (exact) mass is 413 g/mol. The number of fused-ring (bicyclic) bond motifs is 1. The fourth-order valence-electron chi connectivity index (χ4n) is 2.32. The number of nitrogens with zero attached hydrogens (tertiary/aromatic N) is 3. The lowest BCUT2D eigenvalue weighted by atomic mass is 10.0. The average molecular weight is 413 g/mol. The van der Waals surface area contributed by atoms with Crippen LogP contribution in [0.5, 0.6) is 0 Å². The van der Waals surface area contributed by atoms with Gasteiger partial charge in [0.1, 0.15) is 5.71 Å². The summed E-state index contributed by atoms with van der Waals surface area (Å²) in [4.78, 5) is 38.6. The molecular weight excluding hydrogens is 394 g/mol. The maximum atomic E-state index is 11.2. The Kier molecular flexibility index (Phi) is 8.06. The number of rotatable bonds is 6. The van der Waals surface area contributed by atoms with Crippen LogP contribution in [-0.4, -0.2) is 57.1 Å².